The maximum Gasteiger partial charge on any atom is 0.404 e. The first-order valence-corrected chi connectivity index (χ1v) is 6.92. The number of carbonyl (C=O) groups is 2. The number of hydrogen-bond acceptors (Lipinski definition) is 5. The SMILES string of the molecule is O=C(Cl)OCc1ccccc1.O=C(O)NCC1(O)CCOC1. The van der Waals surface area contributed by atoms with Crippen molar-refractivity contribution in [2.75, 3.05) is 19.8 Å². The number of carbonyl (C=O) groups excluding carboxylic acids is 1. The van der Waals surface area contributed by atoms with E-state index in [1.165, 1.54) is 0 Å². The van der Waals surface area contributed by atoms with Gasteiger partial charge < -0.3 is 25.0 Å². The van der Waals surface area contributed by atoms with Crippen molar-refractivity contribution < 1.29 is 29.3 Å². The molecule has 1 fully saturated rings. The van der Waals surface area contributed by atoms with Crippen molar-refractivity contribution in [3.63, 3.8) is 0 Å². The van der Waals surface area contributed by atoms with E-state index >= 15 is 0 Å². The normalized spacial score (nSPS) is 19.7. The first kappa shape index (κ1) is 18.2. The van der Waals surface area contributed by atoms with E-state index in [2.05, 4.69) is 10.1 Å². The topological polar surface area (TPSA) is 105 Å². The quantitative estimate of drug-likeness (QED) is 0.728. The second kappa shape index (κ2) is 9.24. The molecule has 22 heavy (non-hydrogen) atoms. The highest BCUT2D eigenvalue weighted by Gasteiger charge is 2.32. The van der Waals surface area contributed by atoms with Crippen molar-refractivity contribution in [1.29, 1.82) is 0 Å². The van der Waals surface area contributed by atoms with Gasteiger partial charge in [-0.05, 0) is 5.56 Å². The summed E-state index contributed by atoms with van der Waals surface area (Å²) in [5, 5.41) is 19.8. The lowest BCUT2D eigenvalue weighted by molar-refractivity contribution is 0.0275. The molecule has 1 saturated heterocycles. The number of aliphatic hydroxyl groups is 1. The Bertz CT molecular complexity index is 475. The van der Waals surface area contributed by atoms with Gasteiger partial charge in [0, 0.05) is 24.6 Å². The lowest BCUT2D eigenvalue weighted by atomic mass is 10.0. The Labute approximate surface area is 132 Å². The third-order valence-corrected chi connectivity index (χ3v) is 2.96. The van der Waals surface area contributed by atoms with Crippen LogP contribution < -0.4 is 5.32 Å². The molecule has 1 atom stereocenters. The number of amides is 1. The summed E-state index contributed by atoms with van der Waals surface area (Å²) < 4.78 is 9.46. The highest BCUT2D eigenvalue weighted by atomic mass is 35.5. The summed E-state index contributed by atoms with van der Waals surface area (Å²) in [6.45, 7) is 0.997. The molecule has 0 radical (unpaired) electrons. The predicted octanol–water partition coefficient (Wildman–Crippen LogP) is 1.97. The van der Waals surface area contributed by atoms with Gasteiger partial charge >= 0.3 is 11.5 Å². The Morgan fingerprint density at radius 2 is 2.05 bits per heavy atom. The molecule has 1 amide bonds. The molecule has 7 nitrogen and oxygen atoms in total. The number of halogens is 1. The molecule has 0 aromatic heterocycles. The van der Waals surface area contributed by atoms with Crippen molar-refractivity contribution in [2.45, 2.75) is 18.6 Å². The third kappa shape index (κ3) is 7.82. The molecule has 1 aromatic carbocycles. The third-order valence-electron chi connectivity index (χ3n) is 2.85. The second-order valence-electron chi connectivity index (χ2n) is 4.70. The summed E-state index contributed by atoms with van der Waals surface area (Å²) in [4.78, 5) is 20.2. The van der Waals surface area contributed by atoms with Crippen molar-refractivity contribution in [3.8, 4) is 0 Å². The Hall–Kier alpha value is -1.83. The average molecular weight is 332 g/mol. The van der Waals surface area contributed by atoms with E-state index in [-0.39, 0.29) is 19.8 Å². The number of hydrogen-bond donors (Lipinski definition) is 3. The van der Waals surface area contributed by atoms with E-state index in [1.54, 1.807) is 0 Å². The highest BCUT2D eigenvalue weighted by molar-refractivity contribution is 6.61. The van der Waals surface area contributed by atoms with Crippen LogP contribution in [0.3, 0.4) is 0 Å². The van der Waals surface area contributed by atoms with Gasteiger partial charge in [0.25, 0.3) is 0 Å². The molecule has 0 aliphatic carbocycles. The first-order valence-electron chi connectivity index (χ1n) is 6.54. The van der Waals surface area contributed by atoms with Crippen molar-refractivity contribution >= 4 is 23.1 Å². The monoisotopic (exact) mass is 331 g/mol. The molecule has 1 unspecified atom stereocenters. The minimum atomic E-state index is -1.12. The van der Waals surface area contributed by atoms with Crippen LogP contribution >= 0.6 is 11.6 Å². The van der Waals surface area contributed by atoms with Crippen LogP contribution in [0.5, 0.6) is 0 Å². The average Bonchev–Trinajstić information content (AvgIpc) is 2.92. The number of benzene rings is 1. The molecule has 3 N–H and O–H groups in total. The zero-order chi connectivity index (χ0) is 16.4. The first-order chi connectivity index (χ1) is 10.4. The maximum absolute atomic E-state index is 10.2. The van der Waals surface area contributed by atoms with Crippen LogP contribution in [0.25, 0.3) is 0 Å². The summed E-state index contributed by atoms with van der Waals surface area (Å²) in [7, 11) is 0. The zero-order valence-electron chi connectivity index (χ0n) is 11.8. The molecule has 1 heterocycles. The van der Waals surface area contributed by atoms with Gasteiger partial charge in [0.1, 0.15) is 12.2 Å². The molecule has 1 aromatic rings. The molecular formula is C14H18ClNO6. The van der Waals surface area contributed by atoms with Crippen LogP contribution in [-0.4, -0.2) is 47.1 Å². The zero-order valence-corrected chi connectivity index (χ0v) is 12.6. The Kier molecular flexibility index (Phi) is 7.65. The van der Waals surface area contributed by atoms with Crippen LogP contribution in [0.15, 0.2) is 30.3 Å². The van der Waals surface area contributed by atoms with Crippen LogP contribution in [-0.2, 0) is 16.1 Å². The lowest BCUT2D eigenvalue weighted by Crippen LogP contribution is -2.42. The van der Waals surface area contributed by atoms with Gasteiger partial charge in [0.05, 0.1) is 13.2 Å². The van der Waals surface area contributed by atoms with Gasteiger partial charge in [-0.1, -0.05) is 30.3 Å². The minimum Gasteiger partial charge on any atom is -0.465 e. The van der Waals surface area contributed by atoms with Gasteiger partial charge in [-0.3, -0.25) is 0 Å². The molecule has 0 bridgehead atoms. The lowest BCUT2D eigenvalue weighted by Gasteiger charge is -2.19. The van der Waals surface area contributed by atoms with Crippen LogP contribution in [0, 0.1) is 0 Å². The van der Waals surface area contributed by atoms with E-state index in [9.17, 15) is 14.7 Å². The highest BCUT2D eigenvalue weighted by Crippen LogP contribution is 2.16. The van der Waals surface area contributed by atoms with Crippen LogP contribution in [0.4, 0.5) is 9.59 Å². The van der Waals surface area contributed by atoms with Crippen molar-refractivity contribution in [2.24, 2.45) is 0 Å². The summed E-state index contributed by atoms with van der Waals surface area (Å²) in [5.74, 6) is 0. The Balaban J connectivity index is 0.000000220. The van der Waals surface area contributed by atoms with Crippen LogP contribution in [0.1, 0.15) is 12.0 Å². The van der Waals surface area contributed by atoms with Crippen molar-refractivity contribution in [1.82, 2.24) is 5.32 Å². The van der Waals surface area contributed by atoms with Gasteiger partial charge in [-0.25, -0.2) is 9.59 Å². The van der Waals surface area contributed by atoms with Gasteiger partial charge in [-0.15, -0.1) is 0 Å². The summed E-state index contributed by atoms with van der Waals surface area (Å²) in [6.07, 6.45) is -0.627. The number of ether oxygens (including phenoxy) is 2. The molecule has 0 spiro atoms. The second-order valence-corrected chi connectivity index (χ2v) is 5.01. The van der Waals surface area contributed by atoms with E-state index in [1.807, 2.05) is 30.3 Å². The molecule has 8 heteroatoms. The number of nitrogens with one attached hydrogen (secondary N) is 1. The standard InChI is InChI=1S/C8H7ClO2.C6H11NO4/c9-8(10)11-6-7-4-2-1-3-5-7;8-5(9)7-3-6(10)1-2-11-4-6/h1-5H,6H2;7,10H,1-4H2,(H,8,9). The molecule has 122 valence electrons. The number of carboxylic acid groups (broad SMARTS) is 1. The fourth-order valence-electron chi connectivity index (χ4n) is 1.69. The maximum atomic E-state index is 10.2. The van der Waals surface area contributed by atoms with Gasteiger partial charge in [0.15, 0.2) is 0 Å². The van der Waals surface area contributed by atoms with E-state index < -0.39 is 17.1 Å². The van der Waals surface area contributed by atoms with E-state index in [4.69, 9.17) is 21.4 Å². The Morgan fingerprint density at radius 1 is 1.36 bits per heavy atom. The summed E-state index contributed by atoms with van der Waals surface area (Å²) >= 11 is 4.97. The van der Waals surface area contributed by atoms with Gasteiger partial charge in [0.2, 0.25) is 0 Å². The fourth-order valence-corrected chi connectivity index (χ4v) is 1.74. The Morgan fingerprint density at radius 3 is 2.55 bits per heavy atom. The number of rotatable bonds is 4. The summed E-state index contributed by atoms with van der Waals surface area (Å²) in [6, 6.07) is 9.36. The van der Waals surface area contributed by atoms with Crippen LogP contribution in [0.2, 0.25) is 0 Å². The fraction of sp³-hybridized carbons (Fsp3) is 0.429. The smallest absolute Gasteiger partial charge is 0.404 e. The molecule has 0 saturated carbocycles. The van der Waals surface area contributed by atoms with E-state index in [0.717, 1.165) is 5.56 Å². The molecule has 1 aliphatic rings. The molecule has 2 rings (SSSR count). The van der Waals surface area contributed by atoms with Crippen molar-refractivity contribution in [3.05, 3.63) is 35.9 Å². The predicted molar refractivity (Wildman–Crippen MR) is 78.9 cm³/mol. The minimum absolute atomic E-state index is 0.0440. The largest absolute Gasteiger partial charge is 0.465 e. The molecular weight excluding hydrogens is 314 g/mol. The van der Waals surface area contributed by atoms with E-state index in [0.29, 0.717) is 13.0 Å². The van der Waals surface area contributed by atoms with Gasteiger partial charge in [-0.2, -0.15) is 0 Å². The summed E-state index contributed by atoms with van der Waals surface area (Å²) in [5.41, 5.74) is -0.825. The molecule has 1 aliphatic heterocycles.